The molecule has 118 valence electrons. The fourth-order valence-electron chi connectivity index (χ4n) is 0.675. The quantitative estimate of drug-likeness (QED) is 0.107. The van der Waals surface area contributed by atoms with Crippen molar-refractivity contribution in [3.8, 4) is 0 Å². The van der Waals surface area contributed by atoms with Gasteiger partial charge in [-0.3, -0.25) is 40.9 Å². The molecular formula is C9H18N8O4. The van der Waals surface area contributed by atoms with Gasteiger partial charge < -0.3 is 0 Å². The summed E-state index contributed by atoms with van der Waals surface area (Å²) in [7, 11) is 0. The largest absolute Gasteiger partial charge is 0.294 e. The fourth-order valence-corrected chi connectivity index (χ4v) is 0.675. The van der Waals surface area contributed by atoms with Gasteiger partial charge in [-0.2, -0.15) is 0 Å². The molecule has 0 saturated carbocycles. The molecule has 0 radical (unpaired) electrons. The van der Waals surface area contributed by atoms with Gasteiger partial charge in [0.1, 0.15) is 0 Å². The first-order valence-corrected chi connectivity index (χ1v) is 5.19. The molecule has 12 heteroatoms. The van der Waals surface area contributed by atoms with Crippen molar-refractivity contribution >= 4 is 23.6 Å². The summed E-state index contributed by atoms with van der Waals surface area (Å²) >= 11 is 0. The molecule has 0 rings (SSSR count). The molecule has 0 aromatic carbocycles. The van der Waals surface area contributed by atoms with Crippen molar-refractivity contribution in [2.45, 2.75) is 6.42 Å². The molecule has 0 fully saturated rings. The summed E-state index contributed by atoms with van der Waals surface area (Å²) in [5.41, 5.74) is 7.35. The first-order chi connectivity index (χ1) is 9.81. The Morgan fingerprint density at radius 2 is 1.24 bits per heavy atom. The predicted octanol–water partition coefficient (Wildman–Crippen LogP) is -4.57. The Morgan fingerprint density at radius 3 is 1.52 bits per heavy atom. The molecule has 0 aliphatic heterocycles. The summed E-state index contributed by atoms with van der Waals surface area (Å²) in [5.74, 6) is 16.7. The number of hydrogen-bond donors (Lipinski definition) is 8. The van der Waals surface area contributed by atoms with Crippen LogP contribution in [0.3, 0.4) is 0 Å². The Morgan fingerprint density at radius 1 is 0.810 bits per heavy atom. The van der Waals surface area contributed by atoms with Crippen LogP contribution in [-0.2, 0) is 19.2 Å². The second kappa shape index (κ2) is 12.2. The smallest absolute Gasteiger partial charge is 0.261 e. The van der Waals surface area contributed by atoms with Gasteiger partial charge in [-0.05, 0) is 0 Å². The Balaban J connectivity index is 0. The molecule has 0 spiro atoms. The molecule has 21 heavy (non-hydrogen) atoms. The van der Waals surface area contributed by atoms with Crippen molar-refractivity contribution in [2.75, 3.05) is 0 Å². The molecule has 0 saturated heterocycles. The van der Waals surface area contributed by atoms with Crippen molar-refractivity contribution in [1.82, 2.24) is 21.7 Å². The van der Waals surface area contributed by atoms with Crippen LogP contribution >= 0.6 is 0 Å². The lowest BCUT2D eigenvalue weighted by atomic mass is 10.2. The van der Waals surface area contributed by atoms with E-state index in [4.69, 9.17) is 11.7 Å². The number of carbonyl (C=O) groups excluding carboxylic acids is 4. The summed E-state index contributed by atoms with van der Waals surface area (Å²) < 4.78 is 0. The summed E-state index contributed by atoms with van der Waals surface area (Å²) in [6.45, 7) is 3.30. The van der Waals surface area contributed by atoms with Crippen molar-refractivity contribution in [3.63, 3.8) is 0 Å². The van der Waals surface area contributed by atoms with Gasteiger partial charge in [0.25, 0.3) is 17.7 Å². The zero-order valence-corrected chi connectivity index (χ0v) is 11.0. The predicted molar refractivity (Wildman–Crippen MR) is 72.2 cm³/mol. The van der Waals surface area contributed by atoms with E-state index in [0.29, 0.717) is 0 Å². The molecule has 0 aliphatic carbocycles. The van der Waals surface area contributed by atoms with Crippen LogP contribution in [0, 0.1) is 0 Å². The maximum absolute atomic E-state index is 10.6. The van der Waals surface area contributed by atoms with Crippen LogP contribution in [0.2, 0.25) is 0 Å². The summed E-state index contributed by atoms with van der Waals surface area (Å²) in [6, 6.07) is 0. The van der Waals surface area contributed by atoms with Crippen LogP contribution in [0.15, 0.2) is 24.3 Å². The van der Waals surface area contributed by atoms with E-state index in [1.807, 2.05) is 10.9 Å². The van der Waals surface area contributed by atoms with Gasteiger partial charge in [0.05, 0.1) is 6.42 Å². The highest BCUT2D eigenvalue weighted by molar-refractivity contribution is 5.97. The lowest BCUT2D eigenvalue weighted by Crippen LogP contribution is -2.35. The van der Waals surface area contributed by atoms with E-state index in [9.17, 15) is 19.2 Å². The van der Waals surface area contributed by atoms with Gasteiger partial charge >= 0.3 is 0 Å². The van der Waals surface area contributed by atoms with E-state index in [2.05, 4.69) is 18.3 Å². The highest BCUT2D eigenvalue weighted by atomic mass is 16.2. The molecule has 4 amide bonds. The topological polar surface area (TPSA) is 220 Å². The van der Waals surface area contributed by atoms with Gasteiger partial charge in [0, 0.05) is 17.7 Å². The zero-order chi connectivity index (χ0) is 16.8. The third kappa shape index (κ3) is 12.0. The Bertz CT molecular complexity index is 415. The average molecular weight is 302 g/mol. The Labute approximate surface area is 119 Å². The number of hydrogen-bond acceptors (Lipinski definition) is 8. The molecule has 0 heterocycles. The summed E-state index contributed by atoms with van der Waals surface area (Å²) in [6.07, 6.45) is 1.77. The first kappa shape index (κ1) is 20.5. The minimum Gasteiger partial charge on any atom is -0.294 e. The second-order valence-electron chi connectivity index (χ2n) is 3.17. The van der Waals surface area contributed by atoms with Crippen LogP contribution in [0.5, 0.6) is 0 Å². The molecule has 12 N–H and O–H groups in total. The summed E-state index contributed by atoms with van der Waals surface area (Å²) in [5, 5.41) is 0. The lowest BCUT2D eigenvalue weighted by Gasteiger charge is -2.01. The van der Waals surface area contributed by atoms with Gasteiger partial charge in [-0.1, -0.05) is 6.58 Å². The molecule has 0 bridgehead atoms. The Kier molecular flexibility index (Phi) is 12.0. The lowest BCUT2D eigenvalue weighted by molar-refractivity contribution is -0.123. The fraction of sp³-hybridized carbons (Fsp3) is 0.111. The third-order valence-corrected chi connectivity index (χ3v) is 1.66. The number of carbonyl (C=O) groups is 4. The number of hydrazine groups is 4. The Hall–Kier alpha value is -2.80. The highest BCUT2D eigenvalue weighted by Crippen LogP contribution is 1.95. The second-order valence-corrected chi connectivity index (χ2v) is 3.17. The van der Waals surface area contributed by atoms with Crippen molar-refractivity contribution < 1.29 is 19.2 Å². The molecule has 0 unspecified atom stereocenters. The number of nitrogens with one attached hydrogen (secondary N) is 4. The normalized spacial score (nSPS) is 8.95. The van der Waals surface area contributed by atoms with E-state index >= 15 is 0 Å². The molecule has 0 atom stereocenters. The molecule has 0 aromatic heterocycles. The van der Waals surface area contributed by atoms with Crippen LogP contribution in [0.1, 0.15) is 6.42 Å². The standard InChI is InChI=1S/C5H10N4O2.C4H8N4O2/c1-3(5(11)9-7)2-4(10)8-6;5-7-3(9)1-2-4(10)8-6/h1-2,6-7H2,(H,8,10)(H,9,11);1-2H,5-6H2,(H,7,9)(H,8,10)/b;2-1-. The van der Waals surface area contributed by atoms with Crippen molar-refractivity contribution in [3.05, 3.63) is 24.3 Å². The van der Waals surface area contributed by atoms with E-state index < -0.39 is 23.6 Å². The van der Waals surface area contributed by atoms with Crippen LogP contribution in [-0.4, -0.2) is 23.6 Å². The highest BCUT2D eigenvalue weighted by Gasteiger charge is 2.08. The monoisotopic (exact) mass is 302 g/mol. The van der Waals surface area contributed by atoms with Crippen LogP contribution < -0.4 is 45.1 Å². The molecular weight excluding hydrogens is 284 g/mol. The first-order valence-electron chi connectivity index (χ1n) is 5.19. The number of amides is 4. The van der Waals surface area contributed by atoms with Crippen LogP contribution in [0.25, 0.3) is 0 Å². The van der Waals surface area contributed by atoms with E-state index in [1.54, 1.807) is 10.9 Å². The van der Waals surface area contributed by atoms with E-state index in [-0.39, 0.29) is 12.0 Å². The van der Waals surface area contributed by atoms with E-state index in [0.717, 1.165) is 12.2 Å². The average Bonchev–Trinajstić information content (AvgIpc) is 2.51. The zero-order valence-electron chi connectivity index (χ0n) is 11.0. The van der Waals surface area contributed by atoms with Crippen molar-refractivity contribution in [1.29, 1.82) is 0 Å². The van der Waals surface area contributed by atoms with Gasteiger partial charge in [0.2, 0.25) is 5.91 Å². The SMILES string of the molecule is C=C(CC(=O)NN)C(=O)NN.NNC(=O)/C=C\C(=O)NN. The van der Waals surface area contributed by atoms with Gasteiger partial charge in [-0.25, -0.2) is 23.4 Å². The molecule has 0 aromatic rings. The minimum atomic E-state index is -0.575. The van der Waals surface area contributed by atoms with Gasteiger partial charge in [0.15, 0.2) is 0 Å². The maximum atomic E-state index is 10.6. The van der Waals surface area contributed by atoms with E-state index in [1.165, 1.54) is 0 Å². The molecule has 12 nitrogen and oxygen atoms in total. The molecule has 0 aliphatic rings. The summed E-state index contributed by atoms with van der Waals surface area (Å²) in [4.78, 5) is 41.7. The number of rotatable bonds is 5. The maximum Gasteiger partial charge on any atom is 0.261 e. The van der Waals surface area contributed by atoms with Gasteiger partial charge in [-0.15, -0.1) is 0 Å². The number of nitrogens with two attached hydrogens (primary N) is 4. The third-order valence-electron chi connectivity index (χ3n) is 1.66. The van der Waals surface area contributed by atoms with Crippen LogP contribution in [0.4, 0.5) is 0 Å². The minimum absolute atomic E-state index is 0.0652. The van der Waals surface area contributed by atoms with Crippen molar-refractivity contribution in [2.24, 2.45) is 23.4 Å².